The predicted molar refractivity (Wildman–Crippen MR) is 55.6 cm³/mol. The summed E-state index contributed by atoms with van der Waals surface area (Å²) in [5.41, 5.74) is 0.106. The summed E-state index contributed by atoms with van der Waals surface area (Å²) in [7, 11) is 0. The van der Waals surface area contributed by atoms with Gasteiger partial charge in [0.1, 0.15) is 5.76 Å². The van der Waals surface area contributed by atoms with Crippen LogP contribution in [0.3, 0.4) is 0 Å². The second-order valence-corrected chi connectivity index (χ2v) is 4.61. The SMILES string of the molecule is CC(C)(C)C=NOC1=CCCCC1. The lowest BCUT2D eigenvalue weighted by atomic mass is 10.00. The monoisotopic (exact) mass is 181 g/mol. The highest BCUT2D eigenvalue weighted by atomic mass is 16.6. The van der Waals surface area contributed by atoms with Gasteiger partial charge in [-0.05, 0) is 25.3 Å². The smallest absolute Gasteiger partial charge is 0.131 e. The average Bonchev–Trinajstić information content (AvgIpc) is 2.04. The van der Waals surface area contributed by atoms with Crippen molar-refractivity contribution < 1.29 is 4.84 Å². The Morgan fingerprint density at radius 1 is 1.38 bits per heavy atom. The summed E-state index contributed by atoms with van der Waals surface area (Å²) in [4.78, 5) is 5.29. The third kappa shape index (κ3) is 4.71. The zero-order valence-corrected chi connectivity index (χ0v) is 8.84. The van der Waals surface area contributed by atoms with E-state index in [9.17, 15) is 0 Å². The van der Waals surface area contributed by atoms with Gasteiger partial charge in [0.2, 0.25) is 0 Å². The van der Waals surface area contributed by atoms with Gasteiger partial charge in [0, 0.05) is 18.1 Å². The minimum atomic E-state index is 0.106. The minimum absolute atomic E-state index is 0.106. The van der Waals surface area contributed by atoms with Crippen molar-refractivity contribution in [3.05, 3.63) is 11.8 Å². The molecule has 0 aliphatic heterocycles. The Hall–Kier alpha value is -0.790. The maximum Gasteiger partial charge on any atom is 0.131 e. The molecular formula is C11H19NO. The number of hydrogen-bond donors (Lipinski definition) is 0. The fourth-order valence-electron chi connectivity index (χ4n) is 1.14. The summed E-state index contributed by atoms with van der Waals surface area (Å²) in [6.07, 6.45) is 8.69. The fourth-order valence-corrected chi connectivity index (χ4v) is 1.14. The van der Waals surface area contributed by atoms with Gasteiger partial charge in [-0.25, -0.2) is 0 Å². The molecule has 1 aliphatic rings. The average molecular weight is 181 g/mol. The van der Waals surface area contributed by atoms with Crippen LogP contribution in [0.15, 0.2) is 17.0 Å². The van der Waals surface area contributed by atoms with Crippen LogP contribution >= 0.6 is 0 Å². The minimum Gasteiger partial charge on any atom is -0.362 e. The first-order valence-corrected chi connectivity index (χ1v) is 4.98. The number of oxime groups is 1. The molecule has 0 saturated carbocycles. The van der Waals surface area contributed by atoms with Crippen molar-refractivity contribution in [3.63, 3.8) is 0 Å². The van der Waals surface area contributed by atoms with Crippen molar-refractivity contribution in [1.82, 2.24) is 0 Å². The van der Waals surface area contributed by atoms with Crippen LogP contribution in [-0.4, -0.2) is 6.21 Å². The van der Waals surface area contributed by atoms with Gasteiger partial charge in [0.15, 0.2) is 0 Å². The van der Waals surface area contributed by atoms with E-state index in [0.29, 0.717) is 0 Å². The number of hydrogen-bond acceptors (Lipinski definition) is 2. The quantitative estimate of drug-likeness (QED) is 0.472. The van der Waals surface area contributed by atoms with Crippen LogP contribution in [0.2, 0.25) is 0 Å². The first-order chi connectivity index (χ1) is 6.08. The van der Waals surface area contributed by atoms with E-state index in [-0.39, 0.29) is 5.41 Å². The Bertz CT molecular complexity index is 211. The van der Waals surface area contributed by atoms with Crippen LogP contribution in [-0.2, 0) is 4.84 Å². The zero-order valence-electron chi connectivity index (χ0n) is 8.84. The molecule has 0 fully saturated rings. The van der Waals surface area contributed by atoms with Crippen molar-refractivity contribution in [2.75, 3.05) is 0 Å². The summed E-state index contributed by atoms with van der Waals surface area (Å²) < 4.78 is 0. The van der Waals surface area contributed by atoms with E-state index in [2.05, 4.69) is 32.0 Å². The van der Waals surface area contributed by atoms with Gasteiger partial charge >= 0.3 is 0 Å². The number of rotatable bonds is 2. The summed E-state index contributed by atoms with van der Waals surface area (Å²) in [6, 6.07) is 0. The standard InChI is InChI=1S/C11H19NO/c1-11(2,3)9-12-13-10-7-5-4-6-8-10/h7,9H,4-6,8H2,1-3H3. The van der Waals surface area contributed by atoms with Crippen LogP contribution in [0.25, 0.3) is 0 Å². The third-order valence-electron chi connectivity index (χ3n) is 1.86. The van der Waals surface area contributed by atoms with Crippen LogP contribution in [0.1, 0.15) is 46.5 Å². The number of allylic oxidation sites excluding steroid dienone is 2. The van der Waals surface area contributed by atoms with Gasteiger partial charge in [-0.1, -0.05) is 25.9 Å². The van der Waals surface area contributed by atoms with Crippen LogP contribution < -0.4 is 0 Å². The van der Waals surface area contributed by atoms with Crippen molar-refractivity contribution in [2.45, 2.75) is 46.5 Å². The molecule has 0 N–H and O–H groups in total. The van der Waals surface area contributed by atoms with E-state index >= 15 is 0 Å². The van der Waals surface area contributed by atoms with E-state index in [1.807, 2.05) is 6.21 Å². The lowest BCUT2D eigenvalue weighted by Crippen LogP contribution is -2.06. The van der Waals surface area contributed by atoms with Gasteiger partial charge in [-0.2, -0.15) is 0 Å². The Morgan fingerprint density at radius 3 is 2.69 bits per heavy atom. The second-order valence-electron chi connectivity index (χ2n) is 4.61. The predicted octanol–water partition coefficient (Wildman–Crippen LogP) is 3.49. The van der Waals surface area contributed by atoms with E-state index in [1.165, 1.54) is 12.8 Å². The topological polar surface area (TPSA) is 21.6 Å². The molecule has 0 unspecified atom stereocenters. The molecule has 0 aromatic carbocycles. The summed E-state index contributed by atoms with van der Waals surface area (Å²) in [5.74, 6) is 1.03. The largest absolute Gasteiger partial charge is 0.362 e. The molecule has 0 aromatic heterocycles. The molecule has 0 radical (unpaired) electrons. The van der Waals surface area contributed by atoms with Gasteiger partial charge in [-0.3, -0.25) is 0 Å². The fraction of sp³-hybridized carbons (Fsp3) is 0.727. The zero-order chi connectivity index (χ0) is 9.73. The molecule has 1 rings (SSSR count). The normalized spacial score (nSPS) is 18.8. The number of nitrogens with zero attached hydrogens (tertiary/aromatic N) is 1. The second kappa shape index (κ2) is 4.45. The molecule has 2 heteroatoms. The van der Waals surface area contributed by atoms with Gasteiger partial charge in [0.05, 0.1) is 0 Å². The molecule has 0 saturated heterocycles. The van der Waals surface area contributed by atoms with E-state index in [0.717, 1.165) is 18.6 Å². The molecule has 0 bridgehead atoms. The summed E-state index contributed by atoms with van der Waals surface area (Å²) >= 11 is 0. The van der Waals surface area contributed by atoms with Crippen LogP contribution in [0.4, 0.5) is 0 Å². The maximum absolute atomic E-state index is 5.29. The van der Waals surface area contributed by atoms with E-state index < -0.39 is 0 Å². The van der Waals surface area contributed by atoms with Crippen LogP contribution in [0, 0.1) is 5.41 Å². The van der Waals surface area contributed by atoms with Crippen LogP contribution in [0.5, 0.6) is 0 Å². The first-order valence-electron chi connectivity index (χ1n) is 4.98. The van der Waals surface area contributed by atoms with Gasteiger partial charge in [-0.15, -0.1) is 0 Å². The molecule has 13 heavy (non-hydrogen) atoms. The molecular weight excluding hydrogens is 162 g/mol. The summed E-state index contributed by atoms with van der Waals surface area (Å²) in [6.45, 7) is 6.32. The molecule has 74 valence electrons. The Labute approximate surface area is 80.7 Å². The Kier molecular flexibility index (Phi) is 3.52. The van der Waals surface area contributed by atoms with Crippen molar-refractivity contribution in [1.29, 1.82) is 0 Å². The molecule has 0 atom stereocenters. The Morgan fingerprint density at radius 2 is 2.15 bits per heavy atom. The van der Waals surface area contributed by atoms with Crippen molar-refractivity contribution >= 4 is 6.21 Å². The first kappa shape index (κ1) is 10.3. The Balaban J connectivity index is 2.33. The molecule has 2 nitrogen and oxygen atoms in total. The summed E-state index contributed by atoms with van der Waals surface area (Å²) in [5, 5.41) is 3.97. The van der Waals surface area contributed by atoms with E-state index in [1.54, 1.807) is 0 Å². The molecule has 0 spiro atoms. The lowest BCUT2D eigenvalue weighted by molar-refractivity contribution is 0.207. The van der Waals surface area contributed by atoms with Crippen molar-refractivity contribution in [2.24, 2.45) is 10.6 Å². The van der Waals surface area contributed by atoms with Gasteiger partial charge < -0.3 is 4.84 Å². The molecule has 1 aliphatic carbocycles. The highest BCUT2D eigenvalue weighted by molar-refractivity contribution is 5.63. The van der Waals surface area contributed by atoms with Gasteiger partial charge in [0.25, 0.3) is 0 Å². The maximum atomic E-state index is 5.29. The third-order valence-corrected chi connectivity index (χ3v) is 1.86. The lowest BCUT2D eigenvalue weighted by Gasteiger charge is -2.12. The molecule has 0 heterocycles. The highest BCUT2D eigenvalue weighted by Gasteiger charge is 2.07. The van der Waals surface area contributed by atoms with Crippen molar-refractivity contribution in [3.8, 4) is 0 Å². The highest BCUT2D eigenvalue weighted by Crippen LogP contribution is 2.18. The van der Waals surface area contributed by atoms with E-state index in [4.69, 9.17) is 4.84 Å². The molecule has 0 aromatic rings. The molecule has 0 amide bonds.